The molecule has 0 atom stereocenters. The number of hydrogen-bond donors (Lipinski definition) is 1. The van der Waals surface area contributed by atoms with Gasteiger partial charge in [-0.05, 0) is 55.5 Å². The van der Waals surface area contributed by atoms with Gasteiger partial charge in [-0.15, -0.1) is 12.4 Å². The van der Waals surface area contributed by atoms with E-state index >= 15 is 0 Å². The van der Waals surface area contributed by atoms with Crippen molar-refractivity contribution in [3.8, 4) is 0 Å². The van der Waals surface area contributed by atoms with Crippen molar-refractivity contribution in [2.45, 2.75) is 34.1 Å². The minimum Gasteiger partial charge on any atom is -0.372 e. The molecular formula is C14H21ClN2. The first-order valence-corrected chi connectivity index (χ1v) is 5.93. The second-order valence-electron chi connectivity index (χ2n) is 4.67. The van der Waals surface area contributed by atoms with Gasteiger partial charge in [0.15, 0.2) is 0 Å². The molecule has 0 fully saturated rings. The molecule has 0 spiro atoms. The van der Waals surface area contributed by atoms with E-state index in [9.17, 15) is 0 Å². The van der Waals surface area contributed by atoms with Crippen molar-refractivity contribution in [3.05, 3.63) is 33.9 Å². The summed E-state index contributed by atoms with van der Waals surface area (Å²) in [5.74, 6) is 1.15. The normalized spacial score (nSPS) is 14.0. The molecule has 2 rings (SSSR count). The van der Waals surface area contributed by atoms with Crippen molar-refractivity contribution in [3.63, 3.8) is 0 Å². The second kappa shape index (κ2) is 5.54. The van der Waals surface area contributed by atoms with Crippen molar-refractivity contribution in [2.75, 3.05) is 13.1 Å². The van der Waals surface area contributed by atoms with Crippen LogP contribution in [0, 0.1) is 27.7 Å². The predicted octanol–water partition coefficient (Wildman–Crippen LogP) is 2.89. The third-order valence-corrected chi connectivity index (χ3v) is 3.61. The van der Waals surface area contributed by atoms with E-state index in [2.05, 4.69) is 44.1 Å². The maximum absolute atomic E-state index is 4.48. The molecule has 0 amide bonds. The average molecular weight is 253 g/mol. The minimum absolute atomic E-state index is 0. The maximum Gasteiger partial charge on any atom is 0.101 e. The summed E-state index contributed by atoms with van der Waals surface area (Å²) < 4.78 is 0. The molecule has 1 aromatic rings. The summed E-state index contributed by atoms with van der Waals surface area (Å²) >= 11 is 0. The Morgan fingerprint density at radius 3 is 2.18 bits per heavy atom. The van der Waals surface area contributed by atoms with Gasteiger partial charge < -0.3 is 5.32 Å². The molecule has 94 valence electrons. The van der Waals surface area contributed by atoms with Crippen LogP contribution in [-0.2, 0) is 6.42 Å². The van der Waals surface area contributed by atoms with Crippen molar-refractivity contribution >= 4 is 18.2 Å². The maximum atomic E-state index is 4.48. The van der Waals surface area contributed by atoms with E-state index in [1.807, 2.05) is 0 Å². The molecule has 1 aromatic carbocycles. The zero-order valence-corrected chi connectivity index (χ0v) is 11.9. The molecule has 17 heavy (non-hydrogen) atoms. The number of amidine groups is 1. The summed E-state index contributed by atoms with van der Waals surface area (Å²) in [6.45, 7) is 10.7. The minimum atomic E-state index is 0. The molecular weight excluding hydrogens is 232 g/mol. The van der Waals surface area contributed by atoms with Crippen LogP contribution in [0.1, 0.15) is 27.8 Å². The third kappa shape index (κ3) is 2.81. The van der Waals surface area contributed by atoms with E-state index in [0.29, 0.717) is 0 Å². The van der Waals surface area contributed by atoms with Gasteiger partial charge in [-0.2, -0.15) is 0 Å². The van der Waals surface area contributed by atoms with E-state index in [0.717, 1.165) is 25.3 Å². The number of nitrogens with one attached hydrogen (secondary N) is 1. The Kier molecular flexibility index (Phi) is 4.58. The smallest absolute Gasteiger partial charge is 0.101 e. The van der Waals surface area contributed by atoms with E-state index in [4.69, 9.17) is 0 Å². The Bertz CT molecular complexity index is 424. The van der Waals surface area contributed by atoms with Crippen LogP contribution in [0.5, 0.6) is 0 Å². The summed E-state index contributed by atoms with van der Waals surface area (Å²) in [4.78, 5) is 4.48. The highest BCUT2D eigenvalue weighted by Gasteiger charge is 2.12. The number of benzene rings is 1. The topological polar surface area (TPSA) is 24.4 Å². The van der Waals surface area contributed by atoms with Gasteiger partial charge in [0, 0.05) is 13.0 Å². The summed E-state index contributed by atoms with van der Waals surface area (Å²) in [6.07, 6.45) is 0.959. The first-order chi connectivity index (χ1) is 7.59. The van der Waals surface area contributed by atoms with Gasteiger partial charge in [-0.3, -0.25) is 4.99 Å². The molecule has 1 N–H and O–H groups in total. The Morgan fingerprint density at radius 1 is 1.12 bits per heavy atom. The highest BCUT2D eigenvalue weighted by molar-refractivity contribution is 5.86. The lowest BCUT2D eigenvalue weighted by atomic mass is 9.92. The number of halogens is 1. The van der Waals surface area contributed by atoms with E-state index in [-0.39, 0.29) is 12.4 Å². The number of hydrogen-bond acceptors (Lipinski definition) is 2. The van der Waals surface area contributed by atoms with Crippen molar-refractivity contribution in [2.24, 2.45) is 4.99 Å². The molecule has 0 saturated heterocycles. The molecule has 0 aliphatic carbocycles. The van der Waals surface area contributed by atoms with Crippen molar-refractivity contribution in [1.29, 1.82) is 0 Å². The Balaban J connectivity index is 0.00000144. The predicted molar refractivity (Wildman–Crippen MR) is 76.6 cm³/mol. The zero-order chi connectivity index (χ0) is 11.7. The highest BCUT2D eigenvalue weighted by atomic mass is 35.5. The van der Waals surface area contributed by atoms with E-state index < -0.39 is 0 Å². The standard InChI is InChI=1S/C14H20N2.ClH/c1-9-7-10(2)12(4)13(11(9)3)8-14-15-5-6-16-14;/h7H,5-6,8H2,1-4H3,(H,15,16);1H. The molecule has 1 aliphatic rings. The number of rotatable bonds is 2. The molecule has 1 heterocycles. The number of aliphatic imine (C=N–C) groups is 1. The first-order valence-electron chi connectivity index (χ1n) is 5.93. The molecule has 1 aliphatic heterocycles. The zero-order valence-electron chi connectivity index (χ0n) is 11.1. The molecule has 0 unspecified atom stereocenters. The van der Waals surface area contributed by atoms with Crippen LogP contribution in [0.15, 0.2) is 11.1 Å². The Labute approximate surface area is 110 Å². The van der Waals surface area contributed by atoms with Gasteiger partial charge in [-0.25, -0.2) is 0 Å². The fourth-order valence-corrected chi connectivity index (χ4v) is 2.30. The quantitative estimate of drug-likeness (QED) is 0.860. The van der Waals surface area contributed by atoms with Gasteiger partial charge >= 0.3 is 0 Å². The fraction of sp³-hybridized carbons (Fsp3) is 0.500. The lowest BCUT2D eigenvalue weighted by Crippen LogP contribution is -2.21. The summed E-state index contributed by atoms with van der Waals surface area (Å²) in [7, 11) is 0. The van der Waals surface area contributed by atoms with Gasteiger partial charge in [0.2, 0.25) is 0 Å². The third-order valence-electron chi connectivity index (χ3n) is 3.61. The molecule has 2 nitrogen and oxygen atoms in total. The Morgan fingerprint density at radius 2 is 1.71 bits per heavy atom. The first kappa shape index (κ1) is 14.0. The summed E-state index contributed by atoms with van der Waals surface area (Å²) in [6, 6.07) is 2.28. The Hall–Kier alpha value is -1.02. The van der Waals surface area contributed by atoms with Crippen molar-refractivity contribution in [1.82, 2.24) is 5.32 Å². The van der Waals surface area contributed by atoms with Crippen LogP contribution in [0.3, 0.4) is 0 Å². The molecule has 0 saturated carbocycles. The van der Waals surface area contributed by atoms with Gasteiger partial charge in [0.1, 0.15) is 5.84 Å². The van der Waals surface area contributed by atoms with Crippen LogP contribution >= 0.6 is 12.4 Å². The molecule has 3 heteroatoms. The van der Waals surface area contributed by atoms with Crippen LogP contribution in [-0.4, -0.2) is 18.9 Å². The fourth-order valence-electron chi connectivity index (χ4n) is 2.30. The SMILES string of the molecule is Cc1cc(C)c(C)c(CC2=NCCN2)c1C.Cl. The molecule has 0 radical (unpaired) electrons. The van der Waals surface area contributed by atoms with Crippen LogP contribution in [0.2, 0.25) is 0 Å². The van der Waals surface area contributed by atoms with Crippen LogP contribution in [0.25, 0.3) is 0 Å². The van der Waals surface area contributed by atoms with Crippen LogP contribution in [0.4, 0.5) is 0 Å². The van der Waals surface area contributed by atoms with Crippen molar-refractivity contribution < 1.29 is 0 Å². The van der Waals surface area contributed by atoms with Gasteiger partial charge in [-0.1, -0.05) is 6.07 Å². The van der Waals surface area contributed by atoms with E-state index in [1.54, 1.807) is 0 Å². The summed E-state index contributed by atoms with van der Waals surface area (Å²) in [5.41, 5.74) is 7.05. The molecule has 0 aromatic heterocycles. The van der Waals surface area contributed by atoms with Gasteiger partial charge in [0.25, 0.3) is 0 Å². The average Bonchev–Trinajstić information content (AvgIpc) is 2.74. The number of aryl methyl sites for hydroxylation is 2. The van der Waals surface area contributed by atoms with Crippen LogP contribution < -0.4 is 5.32 Å². The van der Waals surface area contributed by atoms with E-state index in [1.165, 1.54) is 27.8 Å². The summed E-state index contributed by atoms with van der Waals surface area (Å²) in [5, 5.41) is 3.35. The highest BCUT2D eigenvalue weighted by Crippen LogP contribution is 2.22. The van der Waals surface area contributed by atoms with Gasteiger partial charge in [0.05, 0.1) is 6.54 Å². The largest absolute Gasteiger partial charge is 0.372 e. The second-order valence-corrected chi connectivity index (χ2v) is 4.67. The monoisotopic (exact) mass is 252 g/mol. The molecule has 0 bridgehead atoms. The number of nitrogens with zero attached hydrogens (tertiary/aromatic N) is 1. The lowest BCUT2D eigenvalue weighted by Gasteiger charge is -2.15. The lowest BCUT2D eigenvalue weighted by molar-refractivity contribution is 0.951.